The Morgan fingerprint density at radius 2 is 2.29 bits per heavy atom. The standard InChI is InChI=1S/C9H10ClN3O/c10-7-2-1-3-8(11-7)12-13-9(14)6-4-5-6/h1-3,6H,4-5H2,(H,11,12)(H,13,14). The van der Waals surface area contributed by atoms with E-state index in [0.717, 1.165) is 12.8 Å². The molecule has 0 saturated heterocycles. The van der Waals surface area contributed by atoms with E-state index in [9.17, 15) is 4.79 Å². The maximum atomic E-state index is 11.2. The van der Waals surface area contributed by atoms with Crippen LogP contribution >= 0.6 is 11.6 Å². The number of amides is 1. The van der Waals surface area contributed by atoms with Crippen molar-refractivity contribution in [1.82, 2.24) is 10.4 Å². The van der Waals surface area contributed by atoms with Gasteiger partial charge in [0.1, 0.15) is 11.0 Å². The molecule has 0 bridgehead atoms. The number of hydrogen-bond acceptors (Lipinski definition) is 3. The third-order valence-corrected chi connectivity index (χ3v) is 2.19. The van der Waals surface area contributed by atoms with Crippen LogP contribution in [-0.4, -0.2) is 10.9 Å². The number of rotatable bonds is 3. The Hall–Kier alpha value is -1.29. The van der Waals surface area contributed by atoms with Crippen LogP contribution in [0.15, 0.2) is 18.2 Å². The van der Waals surface area contributed by atoms with Crippen LogP contribution in [0.3, 0.4) is 0 Å². The lowest BCUT2D eigenvalue weighted by Gasteiger charge is -2.06. The van der Waals surface area contributed by atoms with Gasteiger partial charge < -0.3 is 0 Å². The lowest BCUT2D eigenvalue weighted by Crippen LogP contribution is -2.30. The molecule has 1 saturated carbocycles. The molecule has 1 amide bonds. The van der Waals surface area contributed by atoms with Crippen LogP contribution < -0.4 is 10.9 Å². The van der Waals surface area contributed by atoms with Crippen LogP contribution in [0.4, 0.5) is 5.82 Å². The van der Waals surface area contributed by atoms with E-state index in [0.29, 0.717) is 11.0 Å². The first-order chi connectivity index (χ1) is 6.75. The molecule has 0 unspecified atom stereocenters. The quantitative estimate of drug-likeness (QED) is 0.590. The van der Waals surface area contributed by atoms with E-state index in [1.807, 2.05) is 0 Å². The highest BCUT2D eigenvalue weighted by atomic mass is 35.5. The lowest BCUT2D eigenvalue weighted by atomic mass is 10.4. The first kappa shape index (κ1) is 9.27. The van der Waals surface area contributed by atoms with E-state index in [-0.39, 0.29) is 11.8 Å². The minimum atomic E-state index is 0.0202. The van der Waals surface area contributed by atoms with Crippen LogP contribution in [0.5, 0.6) is 0 Å². The summed E-state index contributed by atoms with van der Waals surface area (Å²) in [7, 11) is 0. The first-order valence-electron chi connectivity index (χ1n) is 4.44. The number of pyridine rings is 1. The Morgan fingerprint density at radius 1 is 1.50 bits per heavy atom. The topological polar surface area (TPSA) is 54.0 Å². The van der Waals surface area contributed by atoms with Crippen molar-refractivity contribution >= 4 is 23.3 Å². The minimum Gasteiger partial charge on any atom is -0.282 e. The fraction of sp³-hybridized carbons (Fsp3) is 0.333. The van der Waals surface area contributed by atoms with Crippen LogP contribution in [0.25, 0.3) is 0 Å². The number of aromatic nitrogens is 1. The zero-order valence-corrected chi connectivity index (χ0v) is 8.21. The Morgan fingerprint density at radius 3 is 2.93 bits per heavy atom. The minimum absolute atomic E-state index is 0.0202. The van der Waals surface area contributed by atoms with Crippen LogP contribution in [-0.2, 0) is 4.79 Å². The largest absolute Gasteiger partial charge is 0.282 e. The molecular weight excluding hydrogens is 202 g/mol. The molecule has 1 heterocycles. The van der Waals surface area contributed by atoms with Crippen molar-refractivity contribution in [1.29, 1.82) is 0 Å². The van der Waals surface area contributed by atoms with Gasteiger partial charge in [0.2, 0.25) is 5.91 Å². The number of anilines is 1. The van der Waals surface area contributed by atoms with Gasteiger partial charge in [-0.15, -0.1) is 0 Å². The highest BCUT2D eigenvalue weighted by Gasteiger charge is 2.29. The summed E-state index contributed by atoms with van der Waals surface area (Å²) < 4.78 is 0. The molecule has 1 aromatic rings. The fourth-order valence-corrected chi connectivity index (χ4v) is 1.21. The Labute approximate surface area is 86.6 Å². The summed E-state index contributed by atoms with van der Waals surface area (Å²) >= 11 is 5.67. The summed E-state index contributed by atoms with van der Waals surface area (Å²) in [5.41, 5.74) is 5.29. The van der Waals surface area contributed by atoms with E-state index >= 15 is 0 Å². The van der Waals surface area contributed by atoms with Crippen molar-refractivity contribution in [3.8, 4) is 0 Å². The van der Waals surface area contributed by atoms with Gasteiger partial charge in [0.15, 0.2) is 0 Å². The molecule has 14 heavy (non-hydrogen) atoms. The number of nitrogens with zero attached hydrogens (tertiary/aromatic N) is 1. The monoisotopic (exact) mass is 211 g/mol. The highest BCUT2D eigenvalue weighted by molar-refractivity contribution is 6.29. The van der Waals surface area contributed by atoms with Crippen molar-refractivity contribution in [2.24, 2.45) is 5.92 Å². The molecule has 2 rings (SSSR count). The first-order valence-corrected chi connectivity index (χ1v) is 4.82. The van der Waals surface area contributed by atoms with Gasteiger partial charge in [0.05, 0.1) is 0 Å². The average molecular weight is 212 g/mol. The molecule has 5 heteroatoms. The molecule has 0 aromatic carbocycles. The van der Waals surface area contributed by atoms with Crippen molar-refractivity contribution < 1.29 is 4.79 Å². The number of carbonyl (C=O) groups excluding carboxylic acids is 1. The van der Waals surface area contributed by atoms with Crippen molar-refractivity contribution in [2.75, 3.05) is 5.43 Å². The zero-order valence-electron chi connectivity index (χ0n) is 7.46. The van der Waals surface area contributed by atoms with Crippen LogP contribution in [0, 0.1) is 5.92 Å². The van der Waals surface area contributed by atoms with Gasteiger partial charge >= 0.3 is 0 Å². The summed E-state index contributed by atoms with van der Waals surface area (Å²) in [4.78, 5) is 15.2. The van der Waals surface area contributed by atoms with E-state index in [4.69, 9.17) is 11.6 Å². The van der Waals surface area contributed by atoms with Gasteiger partial charge in [-0.05, 0) is 25.0 Å². The Bertz CT molecular complexity index is 352. The zero-order chi connectivity index (χ0) is 9.97. The van der Waals surface area contributed by atoms with E-state index in [1.165, 1.54) is 0 Å². The predicted molar refractivity (Wildman–Crippen MR) is 53.7 cm³/mol. The van der Waals surface area contributed by atoms with Crippen molar-refractivity contribution in [2.45, 2.75) is 12.8 Å². The van der Waals surface area contributed by atoms with Crippen LogP contribution in [0.2, 0.25) is 5.15 Å². The number of carbonyl (C=O) groups is 1. The van der Waals surface area contributed by atoms with Crippen LogP contribution in [0.1, 0.15) is 12.8 Å². The summed E-state index contributed by atoms with van der Waals surface area (Å²) in [5.74, 6) is 0.750. The van der Waals surface area contributed by atoms with Gasteiger partial charge in [-0.1, -0.05) is 17.7 Å². The third-order valence-electron chi connectivity index (χ3n) is 1.98. The summed E-state index contributed by atoms with van der Waals surface area (Å²) in [6.07, 6.45) is 1.97. The smallest absolute Gasteiger partial charge is 0.241 e. The maximum Gasteiger partial charge on any atom is 0.241 e. The molecule has 1 aliphatic rings. The second-order valence-corrected chi connectivity index (χ2v) is 3.62. The van der Waals surface area contributed by atoms with Gasteiger partial charge in [-0.3, -0.25) is 15.6 Å². The Balaban J connectivity index is 1.87. The summed E-state index contributed by atoms with van der Waals surface area (Å²) in [5, 5.41) is 0.399. The van der Waals surface area contributed by atoms with E-state index in [2.05, 4.69) is 15.8 Å². The normalized spacial score (nSPS) is 14.9. The predicted octanol–water partition coefficient (Wildman–Crippen LogP) is 1.59. The van der Waals surface area contributed by atoms with Crippen molar-refractivity contribution in [3.63, 3.8) is 0 Å². The molecule has 0 spiro atoms. The Kier molecular flexibility index (Phi) is 2.54. The molecule has 0 atom stereocenters. The third kappa shape index (κ3) is 2.35. The highest BCUT2D eigenvalue weighted by Crippen LogP contribution is 2.28. The number of halogens is 1. The molecule has 4 nitrogen and oxygen atoms in total. The molecule has 0 aliphatic heterocycles. The average Bonchev–Trinajstić information content (AvgIpc) is 2.97. The molecule has 74 valence electrons. The molecule has 0 radical (unpaired) electrons. The molecule has 2 N–H and O–H groups in total. The lowest BCUT2D eigenvalue weighted by molar-refractivity contribution is -0.121. The van der Waals surface area contributed by atoms with E-state index < -0.39 is 0 Å². The molecule has 1 aromatic heterocycles. The van der Waals surface area contributed by atoms with Gasteiger partial charge in [-0.2, -0.15) is 0 Å². The van der Waals surface area contributed by atoms with Crippen molar-refractivity contribution in [3.05, 3.63) is 23.4 Å². The maximum absolute atomic E-state index is 11.2. The fourth-order valence-electron chi connectivity index (χ4n) is 1.05. The van der Waals surface area contributed by atoms with Gasteiger partial charge in [0.25, 0.3) is 0 Å². The molecular formula is C9H10ClN3O. The molecule has 1 aliphatic carbocycles. The number of nitrogens with one attached hydrogen (secondary N) is 2. The van der Waals surface area contributed by atoms with Gasteiger partial charge in [0, 0.05) is 5.92 Å². The molecule has 1 fully saturated rings. The van der Waals surface area contributed by atoms with Gasteiger partial charge in [-0.25, -0.2) is 4.98 Å². The SMILES string of the molecule is O=C(NNc1cccc(Cl)n1)C1CC1. The second-order valence-electron chi connectivity index (χ2n) is 3.23. The second kappa shape index (κ2) is 3.84. The summed E-state index contributed by atoms with van der Waals surface area (Å²) in [6, 6.07) is 5.18. The number of hydrogen-bond donors (Lipinski definition) is 2. The van der Waals surface area contributed by atoms with E-state index in [1.54, 1.807) is 18.2 Å². The summed E-state index contributed by atoms with van der Waals surface area (Å²) in [6.45, 7) is 0. The number of hydrazine groups is 1.